The van der Waals surface area contributed by atoms with Crippen molar-refractivity contribution in [1.29, 1.82) is 0 Å². The molecule has 1 N–H and O–H groups in total. The van der Waals surface area contributed by atoms with Gasteiger partial charge in [-0.05, 0) is 23.6 Å². The highest BCUT2D eigenvalue weighted by molar-refractivity contribution is 7.55. The maximum absolute atomic E-state index is 11.0. The van der Waals surface area contributed by atoms with E-state index in [1.54, 1.807) is 0 Å². The van der Waals surface area contributed by atoms with Crippen molar-refractivity contribution in [2.75, 3.05) is 0 Å². The lowest BCUT2D eigenvalue weighted by Crippen LogP contribution is -2.51. The SMILES string of the molecule is C=C(C(=O)[O-])[C@@H]1CC(C(=O)[O-])=C[C@@H]([P+]([O-])([O-])[O-])[C@H]1O. The van der Waals surface area contributed by atoms with E-state index in [2.05, 4.69) is 6.58 Å². The topological polar surface area (TPSA) is 170 Å². The van der Waals surface area contributed by atoms with E-state index in [0.717, 1.165) is 0 Å². The summed E-state index contributed by atoms with van der Waals surface area (Å²) in [4.78, 5) is 54.3. The van der Waals surface area contributed by atoms with Crippen molar-refractivity contribution < 1.29 is 39.6 Å². The third kappa shape index (κ3) is 3.37. The van der Waals surface area contributed by atoms with Gasteiger partial charge in [0.1, 0.15) is 6.10 Å². The number of aliphatic hydroxyl groups is 1. The summed E-state index contributed by atoms with van der Waals surface area (Å²) < 4.78 is 0. The molecule has 0 spiro atoms. The van der Waals surface area contributed by atoms with E-state index in [9.17, 15) is 39.6 Å². The fraction of sp³-hybridized carbons (Fsp3) is 0.400. The van der Waals surface area contributed by atoms with E-state index in [-0.39, 0.29) is 0 Å². The Hall–Kier alpha value is -1.31. The van der Waals surface area contributed by atoms with Crippen LogP contribution in [0.3, 0.4) is 0 Å². The first-order valence-electron chi connectivity index (χ1n) is 5.07. The second kappa shape index (κ2) is 5.36. The zero-order valence-electron chi connectivity index (χ0n) is 9.48. The first-order chi connectivity index (χ1) is 8.55. The van der Waals surface area contributed by atoms with Crippen molar-refractivity contribution in [3.63, 3.8) is 0 Å². The van der Waals surface area contributed by atoms with Crippen LogP contribution in [0.5, 0.6) is 0 Å². The van der Waals surface area contributed by atoms with Gasteiger partial charge in [-0.3, -0.25) is 0 Å². The molecule has 0 saturated heterocycles. The Morgan fingerprint density at radius 2 is 1.84 bits per heavy atom. The summed E-state index contributed by atoms with van der Waals surface area (Å²) in [5, 5.41) is 31.1. The van der Waals surface area contributed by atoms with Crippen molar-refractivity contribution in [3.8, 4) is 0 Å². The first-order valence-corrected chi connectivity index (χ1v) is 6.69. The van der Waals surface area contributed by atoms with Crippen LogP contribution in [0.1, 0.15) is 6.42 Å². The second-order valence-electron chi connectivity index (χ2n) is 4.12. The molecule has 1 rings (SSSR count). The van der Waals surface area contributed by atoms with Crippen molar-refractivity contribution in [2.45, 2.75) is 18.2 Å². The van der Waals surface area contributed by atoms with Crippen LogP contribution >= 0.6 is 7.94 Å². The molecule has 0 radical (unpaired) electrons. The molecule has 8 nitrogen and oxygen atoms in total. The Labute approximate surface area is 108 Å². The van der Waals surface area contributed by atoms with Gasteiger partial charge in [0, 0.05) is 5.92 Å². The van der Waals surface area contributed by atoms with Crippen LogP contribution in [0.4, 0.5) is 0 Å². The molecule has 0 aromatic heterocycles. The molecule has 0 aromatic carbocycles. The molecule has 106 valence electrons. The van der Waals surface area contributed by atoms with E-state index in [1.807, 2.05) is 0 Å². The van der Waals surface area contributed by atoms with E-state index >= 15 is 0 Å². The zero-order chi connectivity index (χ0) is 15.0. The third-order valence-corrected chi connectivity index (χ3v) is 4.10. The van der Waals surface area contributed by atoms with Crippen molar-refractivity contribution >= 4 is 19.9 Å². The van der Waals surface area contributed by atoms with Crippen molar-refractivity contribution in [2.24, 2.45) is 5.92 Å². The lowest BCUT2D eigenvalue weighted by atomic mass is 9.81. The molecule has 0 unspecified atom stereocenters. The lowest BCUT2D eigenvalue weighted by Gasteiger charge is -2.52. The van der Waals surface area contributed by atoms with Crippen molar-refractivity contribution in [3.05, 3.63) is 23.8 Å². The Morgan fingerprint density at radius 3 is 2.21 bits per heavy atom. The highest BCUT2D eigenvalue weighted by Crippen LogP contribution is 2.45. The van der Waals surface area contributed by atoms with Crippen LogP contribution in [-0.4, -0.2) is 28.8 Å². The van der Waals surface area contributed by atoms with Gasteiger partial charge in [0.15, 0.2) is 0 Å². The summed E-state index contributed by atoms with van der Waals surface area (Å²) in [5.74, 6) is -4.96. The number of aliphatic carboxylic acids is 2. The molecule has 0 saturated carbocycles. The molecule has 0 amide bonds. The number of hydrogen-bond acceptors (Lipinski definition) is 8. The summed E-state index contributed by atoms with van der Waals surface area (Å²) in [6, 6.07) is 0. The van der Waals surface area contributed by atoms with E-state index < -0.39 is 55.1 Å². The van der Waals surface area contributed by atoms with Gasteiger partial charge in [-0.2, -0.15) is 7.94 Å². The average molecular weight is 288 g/mol. The highest BCUT2D eigenvalue weighted by Gasteiger charge is 2.38. The quantitative estimate of drug-likeness (QED) is 0.394. The maximum atomic E-state index is 11.0. The van der Waals surface area contributed by atoms with Crippen LogP contribution in [0.15, 0.2) is 23.8 Å². The molecular formula is C10H9O8P-4. The van der Waals surface area contributed by atoms with E-state index in [1.165, 1.54) is 0 Å². The minimum absolute atomic E-state index is 0.507. The fourth-order valence-electron chi connectivity index (χ4n) is 1.88. The molecule has 1 aliphatic rings. The molecule has 3 atom stereocenters. The fourth-order valence-corrected chi connectivity index (χ4v) is 2.82. The van der Waals surface area contributed by atoms with Gasteiger partial charge >= 0.3 is 0 Å². The van der Waals surface area contributed by atoms with Crippen LogP contribution in [0, 0.1) is 5.92 Å². The van der Waals surface area contributed by atoms with E-state index in [0.29, 0.717) is 6.08 Å². The Bertz CT molecular complexity index is 449. The van der Waals surface area contributed by atoms with Gasteiger partial charge in [-0.25, -0.2) is 0 Å². The third-order valence-electron chi connectivity index (χ3n) is 2.91. The second-order valence-corrected chi connectivity index (χ2v) is 5.80. The van der Waals surface area contributed by atoms with Crippen LogP contribution in [0.25, 0.3) is 0 Å². The van der Waals surface area contributed by atoms with Gasteiger partial charge in [-0.15, -0.1) is 0 Å². The van der Waals surface area contributed by atoms with Gasteiger partial charge < -0.3 is 39.6 Å². The monoisotopic (exact) mass is 288 g/mol. The van der Waals surface area contributed by atoms with Gasteiger partial charge in [-0.1, -0.05) is 6.58 Å². The lowest BCUT2D eigenvalue weighted by molar-refractivity contribution is -0.431. The number of aliphatic hydroxyl groups excluding tert-OH is 1. The number of carbonyl (C=O) groups excluding carboxylic acids is 2. The number of carbonyl (C=O) groups is 2. The predicted molar refractivity (Wildman–Crippen MR) is 52.1 cm³/mol. The number of carboxylic acids is 2. The summed E-state index contributed by atoms with van der Waals surface area (Å²) in [6.07, 6.45) is -1.83. The molecule has 0 heterocycles. The van der Waals surface area contributed by atoms with Crippen LogP contribution in [-0.2, 0) is 9.59 Å². The normalized spacial score (nSPS) is 27.6. The Balaban J connectivity index is 3.20. The van der Waals surface area contributed by atoms with Gasteiger partial charge in [0.05, 0.1) is 17.6 Å². The summed E-state index contributed by atoms with van der Waals surface area (Å²) >= 11 is 0. The van der Waals surface area contributed by atoms with Gasteiger partial charge in [0.25, 0.3) is 0 Å². The molecule has 0 aliphatic heterocycles. The minimum atomic E-state index is -5.35. The van der Waals surface area contributed by atoms with Gasteiger partial charge in [0.2, 0.25) is 0 Å². The predicted octanol–water partition coefficient (Wildman–Crippen LogP) is -5.44. The van der Waals surface area contributed by atoms with Crippen molar-refractivity contribution in [1.82, 2.24) is 0 Å². The number of rotatable bonds is 4. The summed E-state index contributed by atoms with van der Waals surface area (Å²) in [7, 11) is -5.35. The highest BCUT2D eigenvalue weighted by atomic mass is 31.2. The average Bonchev–Trinajstić information content (AvgIpc) is 2.26. The van der Waals surface area contributed by atoms with Crippen LogP contribution in [0.2, 0.25) is 0 Å². The zero-order valence-corrected chi connectivity index (χ0v) is 10.4. The molecule has 9 heteroatoms. The summed E-state index contributed by atoms with van der Waals surface area (Å²) in [5.41, 5.74) is -3.30. The summed E-state index contributed by atoms with van der Waals surface area (Å²) in [6.45, 7) is 3.08. The standard InChI is InChI=1S/C10H13O8P/c1-4(9(12)13)6-2-5(10(14)15)3-7(8(6)11)19(16,17)18/h3,6-8,11H,1-2H2,(H,12,13)(H,14,15)(H2,16,17,18)/p-4/t6-,7+,8-/m0/s1. The van der Waals surface area contributed by atoms with Crippen LogP contribution < -0.4 is 24.9 Å². The maximum Gasteiger partial charge on any atom is 0.100 e. The first kappa shape index (κ1) is 15.7. The molecule has 19 heavy (non-hydrogen) atoms. The molecule has 1 aliphatic carbocycles. The Kier molecular flexibility index (Phi) is 4.44. The number of carboxylic acid groups (broad SMARTS) is 2. The minimum Gasteiger partial charge on any atom is -0.687 e. The van der Waals surface area contributed by atoms with E-state index in [4.69, 9.17) is 0 Å². The molecule has 0 bridgehead atoms. The molecule has 0 fully saturated rings. The molecular weight excluding hydrogens is 279 g/mol. The molecule has 0 aromatic rings. The largest absolute Gasteiger partial charge is 0.687 e. The smallest absolute Gasteiger partial charge is 0.100 e. The Morgan fingerprint density at radius 1 is 1.32 bits per heavy atom. The number of hydrogen-bond donors (Lipinski definition) is 1.